The predicted molar refractivity (Wildman–Crippen MR) is 94.4 cm³/mol. The van der Waals surface area contributed by atoms with E-state index in [0.29, 0.717) is 23.4 Å². The Hall–Kier alpha value is -2.09. The molecule has 1 fully saturated rings. The number of allylic oxidation sites excluding steroid dienone is 2. The summed E-state index contributed by atoms with van der Waals surface area (Å²) in [5.41, 5.74) is 5.49. The highest BCUT2D eigenvalue weighted by Crippen LogP contribution is 2.62. The van der Waals surface area contributed by atoms with Gasteiger partial charge in [0.05, 0.1) is 5.31 Å². The quantitative estimate of drug-likeness (QED) is 0.794. The van der Waals surface area contributed by atoms with Crippen molar-refractivity contribution in [3.8, 4) is 0 Å². The van der Waals surface area contributed by atoms with E-state index in [4.69, 9.17) is 4.52 Å². The van der Waals surface area contributed by atoms with Crippen LogP contribution in [0.2, 0.25) is 0 Å². The summed E-state index contributed by atoms with van der Waals surface area (Å²) >= 11 is 0. The minimum absolute atomic E-state index is 0.381. The van der Waals surface area contributed by atoms with Crippen LogP contribution in [0.1, 0.15) is 41.0 Å². The average molecular weight is 336 g/mol. The SMILES string of the molecule is O=P(O)(OC1=C2CCC2c2ccccc21)C1=Cc2ccccc2C1. The molecule has 4 heteroatoms. The van der Waals surface area contributed by atoms with Crippen molar-refractivity contribution in [2.75, 3.05) is 0 Å². The van der Waals surface area contributed by atoms with Gasteiger partial charge in [-0.15, -0.1) is 0 Å². The van der Waals surface area contributed by atoms with Crippen molar-refractivity contribution in [1.82, 2.24) is 0 Å². The Balaban J connectivity index is 1.50. The monoisotopic (exact) mass is 336 g/mol. The molecule has 3 aliphatic rings. The number of hydrogen-bond donors (Lipinski definition) is 1. The summed E-state index contributed by atoms with van der Waals surface area (Å²) in [5, 5.41) is 0.483. The van der Waals surface area contributed by atoms with E-state index in [1.54, 1.807) is 6.08 Å². The third-order valence-electron chi connectivity index (χ3n) is 5.32. The zero-order valence-corrected chi connectivity index (χ0v) is 14.0. The second-order valence-electron chi connectivity index (χ2n) is 6.66. The number of benzene rings is 2. The molecule has 24 heavy (non-hydrogen) atoms. The van der Waals surface area contributed by atoms with Gasteiger partial charge in [0.25, 0.3) is 0 Å². The normalized spacial score (nSPS) is 22.9. The summed E-state index contributed by atoms with van der Waals surface area (Å²) in [6.07, 6.45) is 4.34. The molecule has 3 aliphatic carbocycles. The average Bonchev–Trinajstić information content (AvgIpc) is 3.06. The molecule has 0 radical (unpaired) electrons. The highest BCUT2D eigenvalue weighted by atomic mass is 31.2. The molecule has 2 aromatic rings. The van der Waals surface area contributed by atoms with Crippen molar-refractivity contribution in [2.24, 2.45) is 0 Å². The van der Waals surface area contributed by atoms with Gasteiger partial charge in [0.1, 0.15) is 5.76 Å². The fourth-order valence-electron chi connectivity index (χ4n) is 3.96. The second-order valence-corrected chi connectivity index (χ2v) is 8.45. The Kier molecular flexibility index (Phi) is 2.94. The summed E-state index contributed by atoms with van der Waals surface area (Å²) in [4.78, 5) is 10.6. The third kappa shape index (κ3) is 1.98. The highest BCUT2D eigenvalue weighted by Gasteiger charge is 2.41. The van der Waals surface area contributed by atoms with Gasteiger partial charge in [-0.25, -0.2) is 4.57 Å². The van der Waals surface area contributed by atoms with Crippen LogP contribution >= 0.6 is 7.60 Å². The topological polar surface area (TPSA) is 46.5 Å². The van der Waals surface area contributed by atoms with Gasteiger partial charge in [0.15, 0.2) is 0 Å². The molecule has 0 aromatic heterocycles. The highest BCUT2D eigenvalue weighted by molar-refractivity contribution is 7.58. The van der Waals surface area contributed by atoms with Crippen molar-refractivity contribution in [3.05, 3.63) is 81.7 Å². The lowest BCUT2D eigenvalue weighted by atomic mass is 9.79. The van der Waals surface area contributed by atoms with E-state index in [-0.39, 0.29) is 0 Å². The van der Waals surface area contributed by atoms with E-state index in [0.717, 1.165) is 29.5 Å². The summed E-state index contributed by atoms with van der Waals surface area (Å²) in [7, 11) is -3.85. The molecular weight excluding hydrogens is 319 g/mol. The molecular formula is C20H17O3P. The molecule has 2 unspecified atom stereocenters. The largest absolute Gasteiger partial charge is 0.421 e. The van der Waals surface area contributed by atoms with Crippen molar-refractivity contribution in [3.63, 3.8) is 0 Å². The molecule has 2 atom stereocenters. The van der Waals surface area contributed by atoms with E-state index in [9.17, 15) is 9.46 Å². The van der Waals surface area contributed by atoms with Crippen LogP contribution in [0.4, 0.5) is 0 Å². The van der Waals surface area contributed by atoms with Crippen molar-refractivity contribution in [2.45, 2.75) is 25.2 Å². The maximum Gasteiger partial charge on any atom is 0.404 e. The lowest BCUT2D eigenvalue weighted by Gasteiger charge is -2.26. The van der Waals surface area contributed by atoms with Crippen molar-refractivity contribution >= 4 is 19.4 Å². The molecule has 0 bridgehead atoms. The van der Waals surface area contributed by atoms with Crippen molar-refractivity contribution in [1.29, 1.82) is 0 Å². The minimum atomic E-state index is -3.85. The molecule has 120 valence electrons. The fraction of sp³-hybridized carbons (Fsp3) is 0.200. The van der Waals surface area contributed by atoms with E-state index < -0.39 is 7.60 Å². The zero-order valence-electron chi connectivity index (χ0n) is 13.1. The standard InChI is InChI=1S/C20H17O3P/c21-24(22,15-11-13-5-1-2-6-14(13)12-15)23-20-18-8-4-3-7-16(18)17-9-10-19(17)20/h1-8,11,17H,9-10,12H2,(H,21,22). The van der Waals surface area contributed by atoms with Crippen LogP contribution < -0.4 is 0 Å². The summed E-state index contributed by atoms with van der Waals surface area (Å²) in [5.74, 6) is 1.02. The fourth-order valence-corrected chi connectivity index (χ4v) is 5.21. The predicted octanol–water partition coefficient (Wildman–Crippen LogP) is 5.09. The van der Waals surface area contributed by atoms with Gasteiger partial charge in [0, 0.05) is 17.9 Å². The molecule has 2 aromatic carbocycles. The Labute approximate surface area is 140 Å². The Morgan fingerprint density at radius 2 is 1.88 bits per heavy atom. The van der Waals surface area contributed by atoms with Crippen LogP contribution in [0.25, 0.3) is 11.8 Å². The minimum Gasteiger partial charge on any atom is -0.421 e. The summed E-state index contributed by atoms with van der Waals surface area (Å²) < 4.78 is 18.8. The second kappa shape index (κ2) is 4.95. The van der Waals surface area contributed by atoms with Crippen LogP contribution in [-0.2, 0) is 15.5 Å². The Morgan fingerprint density at radius 1 is 1.08 bits per heavy atom. The van der Waals surface area contributed by atoms with Gasteiger partial charge in [-0.2, -0.15) is 0 Å². The molecule has 3 nitrogen and oxygen atoms in total. The van der Waals surface area contributed by atoms with E-state index in [1.807, 2.05) is 42.5 Å². The summed E-state index contributed by atoms with van der Waals surface area (Å²) in [6.45, 7) is 0. The molecule has 0 heterocycles. The molecule has 0 saturated heterocycles. The third-order valence-corrected chi connectivity index (χ3v) is 6.77. The van der Waals surface area contributed by atoms with Crippen LogP contribution in [0, 0.1) is 0 Å². The van der Waals surface area contributed by atoms with Gasteiger partial charge < -0.3 is 9.42 Å². The molecule has 0 spiro atoms. The maximum absolute atomic E-state index is 13.0. The number of fused-ring (bicyclic) bond motifs is 4. The van der Waals surface area contributed by atoms with Gasteiger partial charge in [-0.05, 0) is 41.2 Å². The first-order chi connectivity index (χ1) is 11.6. The maximum atomic E-state index is 13.0. The van der Waals surface area contributed by atoms with E-state index >= 15 is 0 Å². The summed E-state index contributed by atoms with van der Waals surface area (Å²) in [6, 6.07) is 15.9. The van der Waals surface area contributed by atoms with Crippen molar-refractivity contribution < 1.29 is 14.0 Å². The lowest BCUT2D eigenvalue weighted by molar-refractivity contribution is 0.367. The first kappa shape index (κ1) is 14.3. The number of hydrogen-bond acceptors (Lipinski definition) is 2. The number of rotatable bonds is 3. The van der Waals surface area contributed by atoms with Gasteiger partial charge in [-0.3, -0.25) is 0 Å². The first-order valence-electron chi connectivity index (χ1n) is 8.27. The molecule has 1 saturated carbocycles. The smallest absolute Gasteiger partial charge is 0.404 e. The lowest BCUT2D eigenvalue weighted by Crippen LogP contribution is -2.10. The molecule has 0 aliphatic heterocycles. The zero-order chi connectivity index (χ0) is 16.3. The van der Waals surface area contributed by atoms with Gasteiger partial charge >= 0.3 is 7.60 Å². The Morgan fingerprint density at radius 3 is 2.67 bits per heavy atom. The van der Waals surface area contributed by atoms with E-state index in [2.05, 4.69) is 6.07 Å². The van der Waals surface area contributed by atoms with Crippen LogP contribution in [-0.4, -0.2) is 4.89 Å². The van der Waals surface area contributed by atoms with Gasteiger partial charge in [-0.1, -0.05) is 48.5 Å². The molecule has 0 amide bonds. The van der Waals surface area contributed by atoms with Crippen LogP contribution in [0.15, 0.2) is 59.4 Å². The molecule has 1 N–H and O–H groups in total. The molecule has 5 rings (SSSR count). The van der Waals surface area contributed by atoms with E-state index in [1.165, 1.54) is 11.1 Å². The van der Waals surface area contributed by atoms with Gasteiger partial charge in [0.2, 0.25) is 0 Å². The first-order valence-corrected chi connectivity index (χ1v) is 9.85. The van der Waals surface area contributed by atoms with Crippen LogP contribution in [0.5, 0.6) is 0 Å². The van der Waals surface area contributed by atoms with Crippen LogP contribution in [0.3, 0.4) is 0 Å². The Bertz CT molecular complexity index is 970.